The molecule has 0 unspecified atom stereocenters. The number of ether oxygens (including phenoxy) is 1. The highest BCUT2D eigenvalue weighted by molar-refractivity contribution is 5.29. The van der Waals surface area contributed by atoms with Gasteiger partial charge in [-0.1, -0.05) is 12.1 Å². The predicted molar refractivity (Wildman–Crippen MR) is 59.4 cm³/mol. The highest BCUT2D eigenvalue weighted by atomic mass is 16.5. The van der Waals surface area contributed by atoms with Gasteiger partial charge >= 0.3 is 0 Å². The van der Waals surface area contributed by atoms with Crippen molar-refractivity contribution in [3.05, 3.63) is 29.8 Å². The van der Waals surface area contributed by atoms with Crippen molar-refractivity contribution in [3.63, 3.8) is 0 Å². The second-order valence-electron chi connectivity index (χ2n) is 4.57. The molecule has 1 rings (SSSR count). The molecule has 2 N–H and O–H groups in total. The van der Waals surface area contributed by atoms with Gasteiger partial charge in [0.1, 0.15) is 11.4 Å². The van der Waals surface area contributed by atoms with Crippen LogP contribution in [0.4, 0.5) is 0 Å². The van der Waals surface area contributed by atoms with E-state index in [2.05, 4.69) is 0 Å². The third-order valence-electron chi connectivity index (χ3n) is 1.83. The van der Waals surface area contributed by atoms with E-state index in [1.807, 2.05) is 52.0 Å². The summed E-state index contributed by atoms with van der Waals surface area (Å²) < 4.78 is 5.70. The van der Waals surface area contributed by atoms with Crippen molar-refractivity contribution in [2.45, 2.75) is 39.3 Å². The van der Waals surface area contributed by atoms with Crippen LogP contribution in [0.5, 0.6) is 5.75 Å². The first-order chi connectivity index (χ1) is 6.38. The lowest BCUT2D eigenvalue weighted by molar-refractivity contribution is 0.131. The van der Waals surface area contributed by atoms with Gasteiger partial charge in [0.15, 0.2) is 0 Å². The van der Waals surface area contributed by atoms with Crippen LogP contribution in [-0.4, -0.2) is 5.60 Å². The van der Waals surface area contributed by atoms with Crippen LogP contribution in [0.3, 0.4) is 0 Å². The van der Waals surface area contributed by atoms with E-state index in [0.717, 1.165) is 11.3 Å². The third-order valence-corrected chi connectivity index (χ3v) is 1.83. The molecular formula is C12H19NO. The topological polar surface area (TPSA) is 35.2 Å². The highest BCUT2D eigenvalue weighted by Gasteiger charge is 2.11. The van der Waals surface area contributed by atoms with Crippen molar-refractivity contribution in [2.24, 2.45) is 5.73 Å². The SMILES string of the molecule is C[C@@H](N)c1ccc(OC(C)(C)C)cc1. The minimum atomic E-state index is -0.143. The number of hydrogen-bond donors (Lipinski definition) is 1. The zero-order valence-electron chi connectivity index (χ0n) is 9.37. The summed E-state index contributed by atoms with van der Waals surface area (Å²) in [6, 6.07) is 8.02. The minimum absolute atomic E-state index is 0.0821. The van der Waals surface area contributed by atoms with E-state index >= 15 is 0 Å². The summed E-state index contributed by atoms with van der Waals surface area (Å²) in [7, 11) is 0. The average Bonchev–Trinajstić information content (AvgIpc) is 2.02. The van der Waals surface area contributed by atoms with Crippen LogP contribution < -0.4 is 10.5 Å². The maximum atomic E-state index is 5.75. The Balaban J connectivity index is 2.74. The molecule has 0 aliphatic rings. The molecule has 1 aromatic carbocycles. The Morgan fingerprint density at radius 2 is 1.64 bits per heavy atom. The number of benzene rings is 1. The number of rotatable bonds is 2. The van der Waals surface area contributed by atoms with Gasteiger partial charge < -0.3 is 10.5 Å². The largest absolute Gasteiger partial charge is 0.488 e. The lowest BCUT2D eigenvalue weighted by atomic mass is 10.1. The van der Waals surface area contributed by atoms with Gasteiger partial charge in [-0.15, -0.1) is 0 Å². The van der Waals surface area contributed by atoms with Crippen LogP contribution in [0.2, 0.25) is 0 Å². The summed E-state index contributed by atoms with van der Waals surface area (Å²) in [6.07, 6.45) is 0. The normalized spacial score (nSPS) is 13.8. The first kappa shape index (κ1) is 11.1. The van der Waals surface area contributed by atoms with Crippen molar-refractivity contribution in [1.82, 2.24) is 0 Å². The second kappa shape index (κ2) is 4.01. The van der Waals surface area contributed by atoms with E-state index in [1.54, 1.807) is 0 Å². The van der Waals surface area contributed by atoms with Crippen molar-refractivity contribution >= 4 is 0 Å². The molecule has 0 aliphatic heterocycles. The van der Waals surface area contributed by atoms with E-state index in [-0.39, 0.29) is 11.6 Å². The van der Waals surface area contributed by atoms with Gasteiger partial charge in [-0.05, 0) is 45.4 Å². The van der Waals surface area contributed by atoms with Crippen LogP contribution in [-0.2, 0) is 0 Å². The number of hydrogen-bond acceptors (Lipinski definition) is 2. The fourth-order valence-electron chi connectivity index (χ4n) is 1.19. The maximum Gasteiger partial charge on any atom is 0.120 e. The summed E-state index contributed by atoms with van der Waals surface area (Å²) in [5.41, 5.74) is 6.74. The molecule has 0 saturated heterocycles. The summed E-state index contributed by atoms with van der Waals surface area (Å²) in [6.45, 7) is 8.07. The smallest absolute Gasteiger partial charge is 0.120 e. The van der Waals surface area contributed by atoms with Crippen molar-refractivity contribution in [3.8, 4) is 5.75 Å². The number of nitrogens with two attached hydrogens (primary N) is 1. The van der Waals surface area contributed by atoms with Crippen molar-refractivity contribution < 1.29 is 4.74 Å². The van der Waals surface area contributed by atoms with E-state index in [4.69, 9.17) is 10.5 Å². The Bertz CT molecular complexity index is 282. The summed E-state index contributed by atoms with van der Waals surface area (Å²) in [4.78, 5) is 0. The summed E-state index contributed by atoms with van der Waals surface area (Å²) >= 11 is 0. The van der Waals surface area contributed by atoms with Gasteiger partial charge in [0.05, 0.1) is 0 Å². The molecule has 0 saturated carbocycles. The molecule has 78 valence electrons. The molecular weight excluding hydrogens is 174 g/mol. The Kier molecular flexibility index (Phi) is 3.17. The highest BCUT2D eigenvalue weighted by Crippen LogP contribution is 2.20. The minimum Gasteiger partial charge on any atom is -0.488 e. The third kappa shape index (κ3) is 3.38. The molecule has 0 fully saturated rings. The van der Waals surface area contributed by atoms with Crippen LogP contribution >= 0.6 is 0 Å². The quantitative estimate of drug-likeness (QED) is 0.783. The molecule has 2 nitrogen and oxygen atoms in total. The molecule has 0 aromatic heterocycles. The van der Waals surface area contributed by atoms with Crippen molar-refractivity contribution in [2.75, 3.05) is 0 Å². The average molecular weight is 193 g/mol. The molecule has 1 aromatic rings. The summed E-state index contributed by atoms with van der Waals surface area (Å²) in [5.74, 6) is 0.891. The van der Waals surface area contributed by atoms with E-state index < -0.39 is 0 Å². The second-order valence-corrected chi connectivity index (χ2v) is 4.57. The van der Waals surface area contributed by atoms with Crippen molar-refractivity contribution in [1.29, 1.82) is 0 Å². The van der Waals surface area contributed by atoms with Gasteiger partial charge in [-0.2, -0.15) is 0 Å². The Morgan fingerprint density at radius 1 is 1.14 bits per heavy atom. The molecule has 14 heavy (non-hydrogen) atoms. The Morgan fingerprint density at radius 3 is 2.00 bits per heavy atom. The van der Waals surface area contributed by atoms with Crippen LogP contribution in [0.25, 0.3) is 0 Å². The Hall–Kier alpha value is -1.02. The molecule has 0 aliphatic carbocycles. The first-order valence-corrected chi connectivity index (χ1v) is 4.93. The van der Waals surface area contributed by atoms with E-state index in [0.29, 0.717) is 0 Å². The molecule has 0 bridgehead atoms. The monoisotopic (exact) mass is 193 g/mol. The van der Waals surface area contributed by atoms with E-state index in [9.17, 15) is 0 Å². The van der Waals surface area contributed by atoms with Gasteiger partial charge in [0, 0.05) is 6.04 Å². The summed E-state index contributed by atoms with van der Waals surface area (Å²) in [5, 5.41) is 0. The molecule has 0 radical (unpaired) electrons. The lowest BCUT2D eigenvalue weighted by Gasteiger charge is -2.21. The van der Waals surface area contributed by atoms with Gasteiger partial charge in [0.2, 0.25) is 0 Å². The molecule has 2 heteroatoms. The zero-order chi connectivity index (χ0) is 10.8. The first-order valence-electron chi connectivity index (χ1n) is 4.93. The zero-order valence-corrected chi connectivity index (χ0v) is 9.37. The van der Waals surface area contributed by atoms with E-state index in [1.165, 1.54) is 0 Å². The molecule has 0 spiro atoms. The fourth-order valence-corrected chi connectivity index (χ4v) is 1.19. The molecule has 1 atom stereocenters. The van der Waals surface area contributed by atoms with Gasteiger partial charge in [-0.25, -0.2) is 0 Å². The maximum absolute atomic E-state index is 5.75. The Labute approximate surface area is 86.1 Å². The lowest BCUT2D eigenvalue weighted by Crippen LogP contribution is -2.22. The van der Waals surface area contributed by atoms with Gasteiger partial charge in [-0.3, -0.25) is 0 Å². The van der Waals surface area contributed by atoms with Crippen LogP contribution in [0, 0.1) is 0 Å². The molecule has 0 amide bonds. The molecule has 0 heterocycles. The van der Waals surface area contributed by atoms with Crippen LogP contribution in [0.1, 0.15) is 39.3 Å². The predicted octanol–water partition coefficient (Wildman–Crippen LogP) is 2.88. The van der Waals surface area contributed by atoms with Gasteiger partial charge in [0.25, 0.3) is 0 Å². The fraction of sp³-hybridized carbons (Fsp3) is 0.500. The standard InChI is InChI=1S/C12H19NO/c1-9(13)10-5-7-11(8-6-10)14-12(2,3)4/h5-9H,13H2,1-4H3/t9-/m1/s1. The van der Waals surface area contributed by atoms with Crippen LogP contribution in [0.15, 0.2) is 24.3 Å².